The Morgan fingerprint density at radius 1 is 1.03 bits per heavy atom. The zero-order valence-corrected chi connectivity index (χ0v) is 19.9. The van der Waals surface area contributed by atoms with Crippen LogP contribution in [0.15, 0.2) is 77.3 Å². The van der Waals surface area contributed by atoms with Crippen molar-refractivity contribution in [3.63, 3.8) is 0 Å². The summed E-state index contributed by atoms with van der Waals surface area (Å²) < 4.78 is 10.0. The van der Waals surface area contributed by atoms with Gasteiger partial charge in [-0.25, -0.2) is 9.59 Å². The van der Waals surface area contributed by atoms with E-state index in [4.69, 9.17) is 15.2 Å². The van der Waals surface area contributed by atoms with Crippen molar-refractivity contribution in [2.24, 2.45) is 11.7 Å². The molecule has 35 heavy (non-hydrogen) atoms. The number of benzene rings is 2. The van der Waals surface area contributed by atoms with E-state index < -0.39 is 17.9 Å². The lowest BCUT2D eigenvalue weighted by molar-refractivity contribution is -0.139. The third kappa shape index (κ3) is 4.87. The molecule has 1 atom stereocenters. The fourth-order valence-electron chi connectivity index (χ4n) is 3.79. The van der Waals surface area contributed by atoms with Crippen LogP contribution in [0.3, 0.4) is 0 Å². The lowest BCUT2D eigenvalue weighted by atomic mass is 9.81. The molecule has 0 saturated heterocycles. The van der Waals surface area contributed by atoms with Crippen LogP contribution in [0.25, 0.3) is 0 Å². The molecular formula is C26H26N4O5. The van der Waals surface area contributed by atoms with Gasteiger partial charge < -0.3 is 20.5 Å². The Morgan fingerprint density at radius 3 is 2.26 bits per heavy atom. The van der Waals surface area contributed by atoms with Crippen molar-refractivity contribution < 1.29 is 23.9 Å². The Balaban J connectivity index is 2.31. The highest BCUT2D eigenvalue weighted by Gasteiger charge is 2.43. The number of nitrogens with zero attached hydrogens (tertiary/aromatic N) is 2. The van der Waals surface area contributed by atoms with Crippen molar-refractivity contribution in [3.05, 3.63) is 82.8 Å². The minimum absolute atomic E-state index is 0.0539. The lowest BCUT2D eigenvalue weighted by Crippen LogP contribution is -2.40. The second-order valence-corrected chi connectivity index (χ2v) is 8.03. The quantitative estimate of drug-likeness (QED) is 0.610. The van der Waals surface area contributed by atoms with Crippen LogP contribution in [0.1, 0.15) is 25.3 Å². The van der Waals surface area contributed by atoms with Gasteiger partial charge in [-0.3, -0.25) is 9.69 Å². The summed E-state index contributed by atoms with van der Waals surface area (Å²) in [5, 5.41) is 12.9. The van der Waals surface area contributed by atoms with E-state index in [1.807, 2.05) is 0 Å². The monoisotopic (exact) mass is 474 g/mol. The normalized spacial score (nSPS) is 15.5. The van der Waals surface area contributed by atoms with Crippen LogP contribution < -0.4 is 16.0 Å². The van der Waals surface area contributed by atoms with Crippen LogP contribution in [-0.4, -0.2) is 32.1 Å². The Labute approximate surface area is 203 Å². The van der Waals surface area contributed by atoms with E-state index in [1.54, 1.807) is 68.4 Å². The van der Waals surface area contributed by atoms with Crippen LogP contribution in [0.5, 0.6) is 0 Å². The number of nitrogens with one attached hydrogen (secondary N) is 1. The predicted octanol–water partition coefficient (Wildman–Crippen LogP) is 3.18. The summed E-state index contributed by atoms with van der Waals surface area (Å²) in [7, 11) is 2.37. The summed E-state index contributed by atoms with van der Waals surface area (Å²) in [5.74, 6) is -3.13. The van der Waals surface area contributed by atoms with E-state index in [9.17, 15) is 19.6 Å². The number of hydrogen-bond acceptors (Lipinski definition) is 8. The predicted molar refractivity (Wildman–Crippen MR) is 129 cm³/mol. The highest BCUT2D eigenvalue weighted by Crippen LogP contribution is 2.43. The highest BCUT2D eigenvalue weighted by atomic mass is 16.5. The highest BCUT2D eigenvalue weighted by molar-refractivity contribution is 6.06. The van der Waals surface area contributed by atoms with Gasteiger partial charge >= 0.3 is 11.9 Å². The molecule has 1 aliphatic rings. The molecule has 9 nitrogen and oxygen atoms in total. The number of carbonyl (C=O) groups excluding carboxylic acids is 3. The summed E-state index contributed by atoms with van der Waals surface area (Å²) in [6.07, 6.45) is 0. The summed E-state index contributed by atoms with van der Waals surface area (Å²) in [6.45, 7) is 3.52. The zero-order chi connectivity index (χ0) is 25.7. The van der Waals surface area contributed by atoms with E-state index in [0.717, 1.165) is 0 Å². The maximum Gasteiger partial charge on any atom is 0.355 e. The summed E-state index contributed by atoms with van der Waals surface area (Å²) >= 11 is 0. The van der Waals surface area contributed by atoms with Crippen molar-refractivity contribution in [1.82, 2.24) is 0 Å². The minimum atomic E-state index is -0.956. The average Bonchev–Trinajstić information content (AvgIpc) is 2.87. The van der Waals surface area contributed by atoms with Crippen LogP contribution in [0.2, 0.25) is 0 Å². The van der Waals surface area contributed by atoms with Gasteiger partial charge in [0.05, 0.1) is 37.4 Å². The van der Waals surface area contributed by atoms with Crippen LogP contribution >= 0.6 is 0 Å². The number of nitrogens with two attached hydrogens (primary N) is 1. The number of amides is 1. The molecule has 0 saturated carbocycles. The molecule has 1 amide bonds. The fraction of sp³-hybridized carbons (Fsp3) is 0.231. The number of esters is 2. The summed E-state index contributed by atoms with van der Waals surface area (Å²) in [6, 6.07) is 17.4. The Hall–Kier alpha value is -4.58. The van der Waals surface area contributed by atoms with Gasteiger partial charge in [0.1, 0.15) is 11.5 Å². The maximum absolute atomic E-state index is 13.1. The molecule has 0 aliphatic carbocycles. The number of nitriles is 1. The molecule has 0 radical (unpaired) electrons. The van der Waals surface area contributed by atoms with E-state index in [0.29, 0.717) is 16.9 Å². The number of hydrogen-bond donors (Lipinski definition) is 2. The standard InChI is InChI=1S/C26H26N4O5/c1-15(2)24(31)29-17-11-8-12-18(13-17)30-22(26(33)35-4)21(25(32)34-3)20(19(14-27)23(30)28)16-9-6-5-7-10-16/h5-13,15,20H,28H2,1-4H3,(H,29,31). The van der Waals surface area contributed by atoms with Crippen molar-refractivity contribution >= 4 is 29.2 Å². The Bertz CT molecular complexity index is 1260. The Morgan fingerprint density at radius 2 is 1.69 bits per heavy atom. The molecule has 1 aliphatic heterocycles. The van der Waals surface area contributed by atoms with Gasteiger partial charge in [-0.2, -0.15) is 5.26 Å². The molecular weight excluding hydrogens is 448 g/mol. The molecule has 180 valence electrons. The first-order chi connectivity index (χ1) is 16.7. The van der Waals surface area contributed by atoms with Gasteiger partial charge in [-0.15, -0.1) is 0 Å². The molecule has 0 aromatic heterocycles. The van der Waals surface area contributed by atoms with Crippen molar-refractivity contribution in [2.45, 2.75) is 19.8 Å². The second-order valence-electron chi connectivity index (χ2n) is 8.03. The van der Waals surface area contributed by atoms with Crippen molar-refractivity contribution in [3.8, 4) is 6.07 Å². The SMILES string of the molecule is COC(=O)C1=C(C(=O)OC)N(c2cccc(NC(=O)C(C)C)c2)C(N)=C(C#N)C1c1ccccc1. The summed E-state index contributed by atoms with van der Waals surface area (Å²) in [5.41, 5.74) is 7.62. The zero-order valence-electron chi connectivity index (χ0n) is 19.9. The van der Waals surface area contributed by atoms with Crippen LogP contribution in [0, 0.1) is 17.2 Å². The van der Waals surface area contributed by atoms with Gasteiger partial charge in [0.25, 0.3) is 0 Å². The average molecular weight is 475 g/mol. The van der Waals surface area contributed by atoms with Crippen LogP contribution in [-0.2, 0) is 23.9 Å². The van der Waals surface area contributed by atoms with Crippen LogP contribution in [0.4, 0.5) is 11.4 Å². The number of anilines is 2. The first-order valence-corrected chi connectivity index (χ1v) is 10.8. The third-order valence-corrected chi connectivity index (χ3v) is 5.51. The molecule has 1 unspecified atom stereocenters. The van der Waals surface area contributed by atoms with Gasteiger partial charge in [0, 0.05) is 17.3 Å². The lowest BCUT2D eigenvalue weighted by Gasteiger charge is -2.36. The Kier molecular flexibility index (Phi) is 7.56. The maximum atomic E-state index is 13.1. The fourth-order valence-corrected chi connectivity index (χ4v) is 3.79. The molecule has 9 heteroatoms. The van der Waals surface area contributed by atoms with Crippen molar-refractivity contribution in [2.75, 3.05) is 24.4 Å². The topological polar surface area (TPSA) is 135 Å². The molecule has 0 spiro atoms. The van der Waals surface area contributed by atoms with E-state index in [-0.39, 0.29) is 34.5 Å². The van der Waals surface area contributed by atoms with Crippen molar-refractivity contribution in [1.29, 1.82) is 5.26 Å². The molecule has 2 aromatic carbocycles. The molecule has 3 N–H and O–H groups in total. The number of ether oxygens (including phenoxy) is 2. The van der Waals surface area contributed by atoms with Gasteiger partial charge in [0.15, 0.2) is 0 Å². The number of methoxy groups -OCH3 is 2. The van der Waals surface area contributed by atoms with Gasteiger partial charge in [-0.05, 0) is 23.8 Å². The molecule has 0 fully saturated rings. The molecule has 2 aromatic rings. The number of rotatable bonds is 6. The largest absolute Gasteiger partial charge is 0.466 e. The van der Waals surface area contributed by atoms with Gasteiger partial charge in [0.2, 0.25) is 5.91 Å². The molecule has 3 rings (SSSR count). The molecule has 0 bridgehead atoms. The second kappa shape index (κ2) is 10.6. The first kappa shape index (κ1) is 25.1. The van der Waals surface area contributed by atoms with E-state index in [1.165, 1.54) is 19.1 Å². The third-order valence-electron chi connectivity index (χ3n) is 5.51. The number of carbonyl (C=O) groups is 3. The van der Waals surface area contributed by atoms with E-state index in [2.05, 4.69) is 11.4 Å². The number of allylic oxidation sites excluding steroid dienone is 1. The summed E-state index contributed by atoms with van der Waals surface area (Å²) in [4.78, 5) is 39.7. The molecule has 1 heterocycles. The smallest absolute Gasteiger partial charge is 0.355 e. The first-order valence-electron chi connectivity index (χ1n) is 10.8. The minimum Gasteiger partial charge on any atom is -0.466 e. The van der Waals surface area contributed by atoms with E-state index >= 15 is 0 Å². The van der Waals surface area contributed by atoms with Gasteiger partial charge in [-0.1, -0.05) is 50.2 Å².